The number of aromatic nitrogens is 2. The summed E-state index contributed by atoms with van der Waals surface area (Å²) in [6, 6.07) is 14.1. The number of ether oxygens (including phenoxy) is 3. The summed E-state index contributed by atoms with van der Waals surface area (Å²) in [5.41, 5.74) is 6.15. The normalized spacial score (nSPS) is 14.8. The molecule has 0 saturated carbocycles. The SMILES string of the molecule is COC(=O)c1cccc(-n2c(C)cc(/C=c3/sc4n(c3=O)[C@@H](c3ccc(OC)cc3)C(C(=O)OC(C)C)=C(C)N=4)c2C)c1C. The molecule has 1 aliphatic heterocycles. The van der Waals surface area contributed by atoms with E-state index >= 15 is 0 Å². The molecular weight excluding hydrogens is 578 g/mol. The monoisotopic (exact) mass is 613 g/mol. The summed E-state index contributed by atoms with van der Waals surface area (Å²) in [4.78, 5) is 45.0. The number of nitrogens with zero attached hydrogens (tertiary/aromatic N) is 3. The quantitative estimate of drug-likeness (QED) is 0.280. The second-order valence-corrected chi connectivity index (χ2v) is 11.9. The van der Waals surface area contributed by atoms with E-state index in [0.717, 1.165) is 33.8 Å². The van der Waals surface area contributed by atoms with Gasteiger partial charge in [-0.3, -0.25) is 9.36 Å². The topological polar surface area (TPSA) is 101 Å². The molecule has 0 spiro atoms. The highest BCUT2D eigenvalue weighted by Gasteiger charge is 2.34. The molecule has 0 radical (unpaired) electrons. The summed E-state index contributed by atoms with van der Waals surface area (Å²) < 4.78 is 20.0. The number of thiazole rings is 1. The van der Waals surface area contributed by atoms with Gasteiger partial charge in [-0.1, -0.05) is 29.5 Å². The predicted octanol–water partition coefficient (Wildman–Crippen LogP) is 4.70. The largest absolute Gasteiger partial charge is 0.497 e. The number of carbonyl (C=O) groups is 2. The van der Waals surface area contributed by atoms with Gasteiger partial charge >= 0.3 is 11.9 Å². The Hall–Kier alpha value is -4.70. The van der Waals surface area contributed by atoms with Crippen molar-refractivity contribution in [3.63, 3.8) is 0 Å². The summed E-state index contributed by atoms with van der Waals surface area (Å²) in [7, 11) is 2.95. The first-order valence-electron chi connectivity index (χ1n) is 14.2. The number of rotatable bonds is 7. The highest BCUT2D eigenvalue weighted by molar-refractivity contribution is 7.07. The number of hydrogen-bond donors (Lipinski definition) is 0. The summed E-state index contributed by atoms with van der Waals surface area (Å²) in [5.74, 6) is -0.244. The third kappa shape index (κ3) is 5.41. The second kappa shape index (κ2) is 12.1. The lowest BCUT2D eigenvalue weighted by molar-refractivity contribution is -0.143. The molecule has 228 valence electrons. The maximum atomic E-state index is 14.1. The minimum Gasteiger partial charge on any atom is -0.497 e. The molecule has 0 saturated heterocycles. The van der Waals surface area contributed by atoms with Crippen molar-refractivity contribution >= 4 is 29.4 Å². The number of hydrogen-bond acceptors (Lipinski definition) is 8. The lowest BCUT2D eigenvalue weighted by Gasteiger charge is -2.25. The number of esters is 2. The van der Waals surface area contributed by atoms with Crippen LogP contribution in [0.4, 0.5) is 0 Å². The van der Waals surface area contributed by atoms with Crippen LogP contribution in [0.5, 0.6) is 5.75 Å². The van der Waals surface area contributed by atoms with Gasteiger partial charge in [0.25, 0.3) is 5.56 Å². The van der Waals surface area contributed by atoms with Gasteiger partial charge in [0.05, 0.1) is 47.7 Å². The van der Waals surface area contributed by atoms with Crippen molar-refractivity contribution in [2.24, 2.45) is 4.99 Å². The van der Waals surface area contributed by atoms with Crippen molar-refractivity contribution in [1.29, 1.82) is 0 Å². The van der Waals surface area contributed by atoms with Gasteiger partial charge in [-0.05, 0) is 94.6 Å². The lowest BCUT2D eigenvalue weighted by atomic mass is 9.96. The summed E-state index contributed by atoms with van der Waals surface area (Å²) in [6.45, 7) is 11.2. The van der Waals surface area contributed by atoms with Crippen LogP contribution in [-0.4, -0.2) is 41.4 Å². The van der Waals surface area contributed by atoms with Crippen LogP contribution in [-0.2, 0) is 14.3 Å². The van der Waals surface area contributed by atoms with Crippen LogP contribution in [0, 0.1) is 20.8 Å². The van der Waals surface area contributed by atoms with Gasteiger partial charge in [-0.25, -0.2) is 14.6 Å². The molecule has 3 heterocycles. The third-order valence-corrected chi connectivity index (χ3v) is 8.71. The van der Waals surface area contributed by atoms with Crippen LogP contribution in [0.2, 0.25) is 0 Å². The first-order chi connectivity index (χ1) is 21.0. The smallest absolute Gasteiger partial charge is 0.338 e. The molecule has 5 rings (SSSR count). The zero-order valence-corrected chi connectivity index (χ0v) is 26.9. The molecule has 0 N–H and O–H groups in total. The number of carbonyl (C=O) groups excluding carboxylic acids is 2. The maximum absolute atomic E-state index is 14.1. The van der Waals surface area contributed by atoms with Crippen molar-refractivity contribution in [2.75, 3.05) is 14.2 Å². The number of allylic oxidation sites excluding steroid dienone is 1. The van der Waals surface area contributed by atoms with Crippen molar-refractivity contribution in [1.82, 2.24) is 9.13 Å². The van der Waals surface area contributed by atoms with Crippen LogP contribution >= 0.6 is 11.3 Å². The fourth-order valence-corrected chi connectivity index (χ4v) is 6.64. The van der Waals surface area contributed by atoms with E-state index in [1.165, 1.54) is 18.4 Å². The molecule has 0 aliphatic carbocycles. The van der Waals surface area contributed by atoms with Crippen molar-refractivity contribution in [3.05, 3.63) is 113 Å². The Morgan fingerprint density at radius 1 is 1.00 bits per heavy atom. The summed E-state index contributed by atoms with van der Waals surface area (Å²) >= 11 is 1.27. The Kier molecular flexibility index (Phi) is 8.47. The van der Waals surface area contributed by atoms with Gasteiger partial charge in [0, 0.05) is 17.1 Å². The average Bonchev–Trinajstić information content (AvgIpc) is 3.45. The minimum absolute atomic E-state index is 0.259. The molecule has 44 heavy (non-hydrogen) atoms. The average molecular weight is 614 g/mol. The van der Waals surface area contributed by atoms with Gasteiger partial charge in [0.2, 0.25) is 0 Å². The lowest BCUT2D eigenvalue weighted by Crippen LogP contribution is -2.40. The molecule has 0 amide bonds. The molecule has 2 aromatic heterocycles. The van der Waals surface area contributed by atoms with Crippen LogP contribution in [0.15, 0.2) is 69.6 Å². The van der Waals surface area contributed by atoms with E-state index < -0.39 is 18.0 Å². The minimum atomic E-state index is -0.721. The van der Waals surface area contributed by atoms with Gasteiger partial charge in [0.1, 0.15) is 5.75 Å². The van der Waals surface area contributed by atoms with Gasteiger partial charge < -0.3 is 18.8 Å². The Balaban J connectivity index is 1.67. The standard InChI is InChI=1S/C34H35N3O6S/c1-18(2)43-33(40)29-21(5)35-34-37(30(29)23-12-14-25(41-7)15-13-23)31(38)28(44-34)17-24-16-19(3)36(22(24)6)27-11-9-10-26(20(27)4)32(39)42-8/h9-18,30H,1-8H3/b28-17+/t30-/m0/s1. The highest BCUT2D eigenvalue weighted by Crippen LogP contribution is 2.32. The van der Waals surface area contributed by atoms with Crippen LogP contribution < -0.4 is 19.6 Å². The maximum Gasteiger partial charge on any atom is 0.338 e. The van der Waals surface area contributed by atoms with Crippen molar-refractivity contribution in [2.45, 2.75) is 53.7 Å². The van der Waals surface area contributed by atoms with Crippen molar-refractivity contribution in [3.8, 4) is 11.4 Å². The van der Waals surface area contributed by atoms with Crippen molar-refractivity contribution < 1.29 is 23.8 Å². The second-order valence-electron chi connectivity index (χ2n) is 10.9. The van der Waals surface area contributed by atoms with E-state index in [1.807, 2.05) is 57.2 Å². The molecule has 1 aliphatic rings. The van der Waals surface area contributed by atoms with Crippen LogP contribution in [0.1, 0.15) is 65.2 Å². The molecule has 2 aromatic carbocycles. The number of aryl methyl sites for hydroxylation is 1. The van der Waals surface area contributed by atoms with E-state index in [9.17, 15) is 14.4 Å². The van der Waals surface area contributed by atoms with Gasteiger partial charge in [-0.15, -0.1) is 0 Å². The molecular formula is C34H35N3O6S. The molecule has 9 nitrogen and oxygen atoms in total. The van der Waals surface area contributed by atoms with Crippen LogP contribution in [0.25, 0.3) is 11.8 Å². The van der Waals surface area contributed by atoms with Gasteiger partial charge in [-0.2, -0.15) is 0 Å². The van der Waals surface area contributed by atoms with E-state index in [1.54, 1.807) is 50.6 Å². The summed E-state index contributed by atoms with van der Waals surface area (Å²) in [5, 5.41) is 0. The Morgan fingerprint density at radius 2 is 1.70 bits per heavy atom. The van der Waals surface area contributed by atoms with E-state index in [0.29, 0.717) is 31.9 Å². The van der Waals surface area contributed by atoms with E-state index in [2.05, 4.69) is 4.57 Å². The molecule has 4 aromatic rings. The highest BCUT2D eigenvalue weighted by atomic mass is 32.1. The zero-order chi connectivity index (χ0) is 31.9. The zero-order valence-electron chi connectivity index (χ0n) is 26.1. The Labute approximate surface area is 259 Å². The first kappa shape index (κ1) is 30.7. The predicted molar refractivity (Wildman–Crippen MR) is 169 cm³/mol. The van der Waals surface area contributed by atoms with E-state index in [4.69, 9.17) is 19.2 Å². The van der Waals surface area contributed by atoms with E-state index in [-0.39, 0.29) is 11.7 Å². The molecule has 0 fully saturated rings. The number of methoxy groups -OCH3 is 2. The fraction of sp³-hybridized carbons (Fsp3) is 0.294. The molecule has 0 unspecified atom stereocenters. The summed E-state index contributed by atoms with van der Waals surface area (Å²) in [6.07, 6.45) is 1.52. The Morgan fingerprint density at radius 3 is 2.34 bits per heavy atom. The Bertz CT molecular complexity index is 1990. The number of benzene rings is 2. The molecule has 10 heteroatoms. The number of fused-ring (bicyclic) bond motifs is 1. The fourth-order valence-electron chi connectivity index (χ4n) is 5.60. The van der Waals surface area contributed by atoms with Gasteiger partial charge in [0.15, 0.2) is 4.80 Å². The first-order valence-corrected chi connectivity index (χ1v) is 15.0. The van der Waals surface area contributed by atoms with Crippen LogP contribution in [0.3, 0.4) is 0 Å². The molecule has 1 atom stereocenters. The molecule has 0 bridgehead atoms. The third-order valence-electron chi connectivity index (χ3n) is 7.72.